The van der Waals surface area contributed by atoms with Crippen molar-refractivity contribution in [2.24, 2.45) is 9.98 Å². The normalized spacial score (nSPS) is 13.9. The quantitative estimate of drug-likeness (QED) is 0.622. The third-order valence-corrected chi connectivity index (χ3v) is 2.12. The summed E-state index contributed by atoms with van der Waals surface area (Å²) in [5, 5.41) is 0. The van der Waals surface area contributed by atoms with Gasteiger partial charge in [0.1, 0.15) is 0 Å². The molecule has 0 unspecified atom stereocenters. The van der Waals surface area contributed by atoms with Crippen LogP contribution in [0.15, 0.2) is 28.2 Å². The van der Waals surface area contributed by atoms with Crippen LogP contribution in [-0.4, -0.2) is 12.4 Å². The van der Waals surface area contributed by atoms with Crippen molar-refractivity contribution in [3.63, 3.8) is 0 Å². The van der Waals surface area contributed by atoms with E-state index in [0.717, 1.165) is 24.2 Å². The van der Waals surface area contributed by atoms with Crippen molar-refractivity contribution in [2.45, 2.75) is 19.8 Å². The van der Waals surface area contributed by atoms with Crippen LogP contribution in [0.1, 0.15) is 18.9 Å². The lowest BCUT2D eigenvalue weighted by Crippen LogP contribution is -1.78. The zero-order valence-corrected chi connectivity index (χ0v) is 7.70. The molecule has 0 N–H and O–H groups in total. The van der Waals surface area contributed by atoms with Gasteiger partial charge in [0.2, 0.25) is 0 Å². The van der Waals surface area contributed by atoms with Gasteiger partial charge in [-0.25, -0.2) is 0 Å². The third-order valence-electron chi connectivity index (χ3n) is 2.12. The van der Waals surface area contributed by atoms with Crippen molar-refractivity contribution in [2.75, 3.05) is 0 Å². The molecular weight excluding hydrogens is 160 g/mol. The monoisotopic (exact) mass is 172 g/mol. The van der Waals surface area contributed by atoms with Crippen LogP contribution in [0.5, 0.6) is 0 Å². The summed E-state index contributed by atoms with van der Waals surface area (Å²) in [5.74, 6) is 0. The fraction of sp³-hybridized carbons (Fsp3) is 0.273. The van der Waals surface area contributed by atoms with E-state index >= 15 is 0 Å². The predicted octanol–water partition coefficient (Wildman–Crippen LogP) is 3.06. The van der Waals surface area contributed by atoms with Crippen LogP contribution in [-0.2, 0) is 6.42 Å². The Kier molecular flexibility index (Phi) is 2.21. The standard InChI is InChI=1S/C11H12N2/c1-2-9-4-5-10-11(8-9)13-7-3-6-12-10/h4-8H,2-3H2,1H3. The molecule has 13 heavy (non-hydrogen) atoms. The maximum absolute atomic E-state index is 4.35. The molecule has 66 valence electrons. The van der Waals surface area contributed by atoms with Gasteiger partial charge in [0.15, 0.2) is 0 Å². The second-order valence-electron chi connectivity index (χ2n) is 3.04. The highest BCUT2D eigenvalue weighted by atomic mass is 14.8. The van der Waals surface area contributed by atoms with Crippen LogP contribution in [0, 0.1) is 0 Å². The van der Waals surface area contributed by atoms with Crippen molar-refractivity contribution >= 4 is 23.8 Å². The highest BCUT2D eigenvalue weighted by Gasteiger charge is 2.01. The SMILES string of the molecule is CCc1ccc2c(c1)N=CCC=N2. The van der Waals surface area contributed by atoms with Crippen LogP contribution < -0.4 is 0 Å². The zero-order chi connectivity index (χ0) is 9.10. The van der Waals surface area contributed by atoms with Crippen LogP contribution in [0.25, 0.3) is 0 Å². The summed E-state index contributed by atoms with van der Waals surface area (Å²) in [4.78, 5) is 8.66. The Balaban J connectivity index is 2.50. The molecule has 2 heteroatoms. The van der Waals surface area contributed by atoms with E-state index in [-0.39, 0.29) is 0 Å². The summed E-state index contributed by atoms with van der Waals surface area (Å²) in [6.45, 7) is 2.14. The summed E-state index contributed by atoms with van der Waals surface area (Å²) in [6, 6.07) is 6.25. The van der Waals surface area contributed by atoms with E-state index in [9.17, 15) is 0 Å². The second kappa shape index (κ2) is 3.52. The first kappa shape index (κ1) is 8.17. The minimum absolute atomic E-state index is 0.830. The van der Waals surface area contributed by atoms with Crippen molar-refractivity contribution < 1.29 is 0 Å². The van der Waals surface area contributed by atoms with Crippen LogP contribution >= 0.6 is 0 Å². The van der Waals surface area contributed by atoms with Crippen molar-refractivity contribution in [1.82, 2.24) is 0 Å². The minimum Gasteiger partial charge on any atom is -0.259 e. The molecule has 0 atom stereocenters. The van der Waals surface area contributed by atoms with E-state index in [2.05, 4.69) is 29.0 Å². The van der Waals surface area contributed by atoms with Crippen molar-refractivity contribution in [1.29, 1.82) is 0 Å². The zero-order valence-electron chi connectivity index (χ0n) is 7.70. The summed E-state index contributed by atoms with van der Waals surface area (Å²) in [6.07, 6.45) is 5.67. The van der Waals surface area contributed by atoms with Gasteiger partial charge in [0, 0.05) is 18.9 Å². The molecule has 1 aromatic carbocycles. The van der Waals surface area contributed by atoms with E-state index in [1.807, 2.05) is 18.5 Å². The lowest BCUT2D eigenvalue weighted by atomic mass is 10.1. The number of aryl methyl sites for hydroxylation is 1. The Morgan fingerprint density at radius 3 is 2.69 bits per heavy atom. The van der Waals surface area contributed by atoms with E-state index in [1.54, 1.807) is 0 Å². The van der Waals surface area contributed by atoms with Crippen molar-refractivity contribution in [3.8, 4) is 0 Å². The molecule has 0 aromatic heterocycles. The molecule has 0 saturated heterocycles. The van der Waals surface area contributed by atoms with Crippen LogP contribution in [0.2, 0.25) is 0 Å². The van der Waals surface area contributed by atoms with Crippen LogP contribution in [0.4, 0.5) is 11.4 Å². The number of rotatable bonds is 1. The Morgan fingerprint density at radius 1 is 1.15 bits per heavy atom. The Labute approximate surface area is 78.0 Å². The van der Waals surface area contributed by atoms with E-state index in [1.165, 1.54) is 5.56 Å². The number of fused-ring (bicyclic) bond motifs is 1. The fourth-order valence-electron chi connectivity index (χ4n) is 1.35. The Morgan fingerprint density at radius 2 is 1.92 bits per heavy atom. The molecule has 0 aliphatic carbocycles. The number of benzene rings is 1. The summed E-state index contributed by atoms with van der Waals surface area (Å²) >= 11 is 0. The number of hydrogen-bond acceptors (Lipinski definition) is 2. The van der Waals surface area contributed by atoms with Gasteiger partial charge in [0.05, 0.1) is 11.4 Å². The highest BCUT2D eigenvalue weighted by Crippen LogP contribution is 2.29. The third kappa shape index (κ3) is 1.66. The van der Waals surface area contributed by atoms with E-state index in [0.29, 0.717) is 0 Å². The molecule has 0 saturated carbocycles. The van der Waals surface area contributed by atoms with Gasteiger partial charge >= 0.3 is 0 Å². The minimum atomic E-state index is 0.830. The van der Waals surface area contributed by atoms with Gasteiger partial charge in [-0.15, -0.1) is 0 Å². The molecular formula is C11H12N2. The summed E-state index contributed by atoms with van der Waals surface area (Å²) in [5.41, 5.74) is 3.28. The molecule has 0 fully saturated rings. The number of aliphatic imine (C=N–C) groups is 2. The van der Waals surface area contributed by atoms with Gasteiger partial charge in [-0.2, -0.15) is 0 Å². The van der Waals surface area contributed by atoms with E-state index in [4.69, 9.17) is 0 Å². The van der Waals surface area contributed by atoms with Crippen molar-refractivity contribution in [3.05, 3.63) is 23.8 Å². The highest BCUT2D eigenvalue weighted by molar-refractivity contribution is 5.87. The van der Waals surface area contributed by atoms with Gasteiger partial charge in [-0.05, 0) is 24.1 Å². The molecule has 1 heterocycles. The largest absolute Gasteiger partial charge is 0.259 e. The smallest absolute Gasteiger partial charge is 0.0884 e. The van der Waals surface area contributed by atoms with Gasteiger partial charge in [-0.3, -0.25) is 9.98 Å². The Bertz CT molecular complexity index is 364. The molecule has 1 aromatic rings. The average molecular weight is 172 g/mol. The topological polar surface area (TPSA) is 24.7 Å². The summed E-state index contributed by atoms with van der Waals surface area (Å²) < 4.78 is 0. The number of nitrogens with zero attached hydrogens (tertiary/aromatic N) is 2. The molecule has 1 aliphatic rings. The molecule has 0 bridgehead atoms. The lowest BCUT2D eigenvalue weighted by Gasteiger charge is -2.01. The van der Waals surface area contributed by atoms with Gasteiger partial charge in [-0.1, -0.05) is 13.0 Å². The first-order valence-corrected chi connectivity index (χ1v) is 4.58. The van der Waals surface area contributed by atoms with E-state index < -0.39 is 0 Å². The first-order valence-electron chi connectivity index (χ1n) is 4.58. The van der Waals surface area contributed by atoms with Gasteiger partial charge in [0.25, 0.3) is 0 Å². The Hall–Kier alpha value is -1.44. The van der Waals surface area contributed by atoms with Gasteiger partial charge < -0.3 is 0 Å². The average Bonchev–Trinajstić information content (AvgIpc) is 2.41. The maximum Gasteiger partial charge on any atom is 0.0884 e. The lowest BCUT2D eigenvalue weighted by molar-refractivity contribution is 1.14. The summed E-state index contributed by atoms with van der Waals surface area (Å²) in [7, 11) is 0. The molecule has 2 nitrogen and oxygen atoms in total. The van der Waals surface area contributed by atoms with Crippen LogP contribution in [0.3, 0.4) is 0 Å². The first-order chi connectivity index (χ1) is 6.40. The molecule has 0 spiro atoms. The maximum atomic E-state index is 4.35. The molecule has 2 rings (SSSR count). The molecule has 1 aliphatic heterocycles. The predicted molar refractivity (Wildman–Crippen MR) is 56.7 cm³/mol. The number of hydrogen-bond donors (Lipinski definition) is 0. The molecule has 0 amide bonds. The second-order valence-corrected chi connectivity index (χ2v) is 3.04. The fourth-order valence-corrected chi connectivity index (χ4v) is 1.35. The molecule has 0 radical (unpaired) electrons.